The van der Waals surface area contributed by atoms with Gasteiger partial charge in [0.15, 0.2) is 0 Å². The fourth-order valence-corrected chi connectivity index (χ4v) is 2.86. The quantitative estimate of drug-likeness (QED) is 0.457. The molecule has 0 bridgehead atoms. The standard InChI is InChI=1S/C17H19NO7S/c1-4-23-15(19)13-9-11-5-6-12(10-14(11)24-16(13)20)25-26(21,22)8-7-17(2,3)18/h5-10H,4,18H2,1-3H3/b8-7+. The highest BCUT2D eigenvalue weighted by molar-refractivity contribution is 7.90. The van der Waals surface area contributed by atoms with Crippen LogP contribution in [0.1, 0.15) is 31.1 Å². The number of hydrogen-bond donors (Lipinski definition) is 1. The maximum Gasteiger partial charge on any atom is 0.351 e. The molecule has 0 unspecified atom stereocenters. The zero-order chi connectivity index (χ0) is 19.5. The van der Waals surface area contributed by atoms with Gasteiger partial charge in [0.1, 0.15) is 16.9 Å². The van der Waals surface area contributed by atoms with Crippen LogP contribution in [0.3, 0.4) is 0 Å². The van der Waals surface area contributed by atoms with E-state index in [4.69, 9.17) is 19.1 Å². The Balaban J connectivity index is 2.35. The van der Waals surface area contributed by atoms with Crippen molar-refractivity contribution in [3.63, 3.8) is 0 Å². The molecule has 0 radical (unpaired) electrons. The third kappa shape index (κ3) is 5.17. The summed E-state index contributed by atoms with van der Waals surface area (Å²) in [5.74, 6) is -0.843. The van der Waals surface area contributed by atoms with E-state index in [9.17, 15) is 18.0 Å². The average molecular weight is 381 g/mol. The number of nitrogens with two attached hydrogens (primary N) is 1. The van der Waals surface area contributed by atoms with Crippen molar-refractivity contribution in [2.24, 2.45) is 5.73 Å². The van der Waals surface area contributed by atoms with E-state index in [-0.39, 0.29) is 23.5 Å². The van der Waals surface area contributed by atoms with Crippen molar-refractivity contribution in [3.05, 3.63) is 51.7 Å². The summed E-state index contributed by atoms with van der Waals surface area (Å²) >= 11 is 0. The Morgan fingerprint density at radius 1 is 1.31 bits per heavy atom. The molecule has 2 N–H and O–H groups in total. The number of benzene rings is 1. The van der Waals surface area contributed by atoms with Crippen LogP contribution in [-0.2, 0) is 14.9 Å². The Morgan fingerprint density at radius 2 is 2.00 bits per heavy atom. The van der Waals surface area contributed by atoms with Crippen LogP contribution in [-0.4, -0.2) is 26.5 Å². The van der Waals surface area contributed by atoms with Crippen molar-refractivity contribution in [1.82, 2.24) is 0 Å². The van der Waals surface area contributed by atoms with Gasteiger partial charge in [0.2, 0.25) is 0 Å². The number of fused-ring (bicyclic) bond motifs is 1. The molecule has 0 saturated carbocycles. The molecule has 2 rings (SSSR count). The summed E-state index contributed by atoms with van der Waals surface area (Å²) in [5, 5.41) is 1.27. The van der Waals surface area contributed by atoms with E-state index in [1.54, 1.807) is 20.8 Å². The van der Waals surface area contributed by atoms with Gasteiger partial charge in [-0.15, -0.1) is 0 Å². The number of carbonyl (C=O) groups is 1. The van der Waals surface area contributed by atoms with E-state index in [1.807, 2.05) is 0 Å². The topological polar surface area (TPSA) is 126 Å². The molecule has 0 saturated heterocycles. The lowest BCUT2D eigenvalue weighted by Crippen LogP contribution is -2.29. The second-order valence-corrected chi connectivity index (χ2v) is 7.49. The van der Waals surface area contributed by atoms with E-state index < -0.39 is 27.3 Å². The van der Waals surface area contributed by atoms with Gasteiger partial charge in [-0.1, -0.05) is 6.08 Å². The lowest BCUT2D eigenvalue weighted by atomic mass is 10.1. The van der Waals surface area contributed by atoms with Gasteiger partial charge in [-0.2, -0.15) is 8.42 Å². The lowest BCUT2D eigenvalue weighted by molar-refractivity contribution is 0.0521. The SMILES string of the molecule is CCOC(=O)c1cc2ccc(OS(=O)(=O)/C=C/C(C)(C)N)cc2oc1=O. The van der Waals surface area contributed by atoms with E-state index in [0.29, 0.717) is 5.39 Å². The number of carbonyl (C=O) groups excluding carboxylic acids is 1. The molecule has 0 amide bonds. The zero-order valence-corrected chi connectivity index (χ0v) is 15.3. The predicted molar refractivity (Wildman–Crippen MR) is 95.4 cm³/mol. The van der Waals surface area contributed by atoms with E-state index >= 15 is 0 Å². The summed E-state index contributed by atoms with van der Waals surface area (Å²) < 4.78 is 38.7. The van der Waals surface area contributed by atoms with E-state index in [2.05, 4.69) is 0 Å². The minimum absolute atomic E-state index is 0.0518. The van der Waals surface area contributed by atoms with Gasteiger partial charge in [0.25, 0.3) is 0 Å². The van der Waals surface area contributed by atoms with Crippen LogP contribution < -0.4 is 15.5 Å². The van der Waals surface area contributed by atoms with Crippen LogP contribution in [0.15, 0.2) is 45.0 Å². The monoisotopic (exact) mass is 381 g/mol. The highest BCUT2D eigenvalue weighted by atomic mass is 32.2. The molecule has 0 aliphatic carbocycles. The smallest absolute Gasteiger partial charge is 0.351 e. The summed E-state index contributed by atoms with van der Waals surface area (Å²) in [4.78, 5) is 23.6. The van der Waals surface area contributed by atoms with Crippen LogP contribution in [0.5, 0.6) is 5.75 Å². The van der Waals surface area contributed by atoms with Crippen molar-refractivity contribution >= 4 is 27.1 Å². The molecular formula is C17H19NO7S. The van der Waals surface area contributed by atoms with Crippen LogP contribution >= 0.6 is 0 Å². The molecule has 0 spiro atoms. The molecule has 0 atom stereocenters. The van der Waals surface area contributed by atoms with Crippen LogP contribution in [0, 0.1) is 0 Å². The normalized spacial score (nSPS) is 12.5. The van der Waals surface area contributed by atoms with Crippen molar-refractivity contribution in [2.45, 2.75) is 26.3 Å². The number of ether oxygens (including phenoxy) is 1. The maximum atomic E-state index is 11.9. The van der Waals surface area contributed by atoms with Gasteiger partial charge in [0, 0.05) is 17.0 Å². The van der Waals surface area contributed by atoms with Gasteiger partial charge < -0.3 is 19.1 Å². The van der Waals surface area contributed by atoms with Gasteiger partial charge in [-0.05, 0) is 39.0 Å². The first kappa shape index (κ1) is 19.7. The van der Waals surface area contributed by atoms with E-state index in [0.717, 1.165) is 5.41 Å². The molecular weight excluding hydrogens is 362 g/mol. The summed E-state index contributed by atoms with van der Waals surface area (Å²) in [6, 6.07) is 5.39. The molecule has 0 aliphatic heterocycles. The molecule has 140 valence electrons. The molecule has 8 nitrogen and oxygen atoms in total. The largest absolute Gasteiger partial charge is 0.462 e. The third-order valence-corrected chi connectivity index (χ3v) is 3.97. The lowest BCUT2D eigenvalue weighted by Gasteiger charge is -2.11. The molecule has 1 heterocycles. The molecule has 1 aromatic carbocycles. The third-order valence-electron chi connectivity index (χ3n) is 3.08. The first-order chi connectivity index (χ1) is 12.0. The Morgan fingerprint density at radius 3 is 2.62 bits per heavy atom. The highest BCUT2D eigenvalue weighted by Crippen LogP contribution is 2.22. The Labute approximate surface area is 150 Å². The van der Waals surface area contributed by atoms with Crippen LogP contribution in [0.4, 0.5) is 0 Å². The van der Waals surface area contributed by atoms with Crippen molar-refractivity contribution in [2.75, 3.05) is 6.61 Å². The molecule has 0 fully saturated rings. The van der Waals surface area contributed by atoms with Crippen molar-refractivity contribution in [1.29, 1.82) is 0 Å². The number of rotatable bonds is 6. The van der Waals surface area contributed by atoms with Crippen molar-refractivity contribution in [3.8, 4) is 5.75 Å². The Kier molecular flexibility index (Phi) is 5.53. The van der Waals surface area contributed by atoms with Gasteiger partial charge in [0.05, 0.1) is 12.0 Å². The van der Waals surface area contributed by atoms with Gasteiger partial charge in [-0.25, -0.2) is 9.59 Å². The molecule has 0 aliphatic rings. The molecule has 1 aromatic heterocycles. The van der Waals surface area contributed by atoms with Gasteiger partial charge >= 0.3 is 21.7 Å². The highest BCUT2D eigenvalue weighted by Gasteiger charge is 2.16. The van der Waals surface area contributed by atoms with Crippen LogP contribution in [0.25, 0.3) is 11.0 Å². The second kappa shape index (κ2) is 7.30. The minimum Gasteiger partial charge on any atom is -0.462 e. The molecule has 2 aromatic rings. The van der Waals surface area contributed by atoms with Crippen LogP contribution in [0.2, 0.25) is 0 Å². The maximum absolute atomic E-state index is 11.9. The fraction of sp³-hybridized carbons (Fsp3) is 0.294. The number of esters is 1. The summed E-state index contributed by atoms with van der Waals surface area (Å²) in [6.45, 7) is 4.99. The Bertz CT molecular complexity index is 1010. The first-order valence-electron chi connectivity index (χ1n) is 7.68. The average Bonchev–Trinajstić information content (AvgIpc) is 2.51. The Hall–Kier alpha value is -2.65. The molecule has 26 heavy (non-hydrogen) atoms. The fourth-order valence-electron chi connectivity index (χ4n) is 1.92. The van der Waals surface area contributed by atoms with Crippen molar-refractivity contribution < 1.29 is 26.5 Å². The number of hydrogen-bond acceptors (Lipinski definition) is 8. The predicted octanol–water partition coefficient (Wildman–Crippen LogP) is 1.93. The molecule has 9 heteroatoms. The summed E-state index contributed by atoms with van der Waals surface area (Å²) in [6.07, 6.45) is 1.29. The zero-order valence-electron chi connectivity index (χ0n) is 14.5. The van der Waals surface area contributed by atoms with E-state index in [1.165, 1.54) is 30.3 Å². The first-order valence-corrected chi connectivity index (χ1v) is 9.15. The summed E-state index contributed by atoms with van der Waals surface area (Å²) in [5.41, 5.74) is 3.81. The van der Waals surface area contributed by atoms with Gasteiger partial charge in [-0.3, -0.25) is 0 Å². The minimum atomic E-state index is -4.03. The summed E-state index contributed by atoms with van der Waals surface area (Å²) in [7, 11) is -4.03. The second-order valence-electron chi connectivity index (χ2n) is 6.07.